The number of hydrogen-bond acceptors (Lipinski definition) is 4. The highest BCUT2D eigenvalue weighted by molar-refractivity contribution is 9.10. The quantitative estimate of drug-likeness (QED) is 0.747. The van der Waals surface area contributed by atoms with Gasteiger partial charge in [0.15, 0.2) is 5.78 Å². The monoisotopic (exact) mass is 429 g/mol. The van der Waals surface area contributed by atoms with Crippen LogP contribution in [-0.4, -0.2) is 42.4 Å². The zero-order valence-corrected chi connectivity index (χ0v) is 16.6. The highest BCUT2D eigenvalue weighted by Crippen LogP contribution is 2.40. The molecule has 6 heteroatoms. The standard InChI is InChI=1S/C21H20BrNO4/c1-26-16-6-7-19-17(11-16)18(24)12-21(27-19)8-9-23(13-21)20(25)10-14-2-4-15(22)5-3-14/h2-7,11H,8-10,12-13H2,1H3. The third-order valence-corrected chi connectivity index (χ3v) is 5.76. The molecule has 0 radical (unpaired) electrons. The third kappa shape index (κ3) is 3.58. The van der Waals surface area contributed by atoms with Gasteiger partial charge in [0.1, 0.15) is 17.1 Å². The van der Waals surface area contributed by atoms with E-state index in [0.29, 0.717) is 43.0 Å². The van der Waals surface area contributed by atoms with Crippen molar-refractivity contribution < 1.29 is 19.1 Å². The van der Waals surface area contributed by atoms with E-state index in [1.807, 2.05) is 29.2 Å². The molecule has 0 aliphatic carbocycles. The van der Waals surface area contributed by atoms with Crippen molar-refractivity contribution in [3.05, 3.63) is 58.1 Å². The summed E-state index contributed by atoms with van der Waals surface area (Å²) >= 11 is 3.40. The first-order chi connectivity index (χ1) is 13.0. The second-order valence-corrected chi connectivity index (χ2v) is 8.03. The maximum atomic E-state index is 12.7. The Morgan fingerprint density at radius 2 is 2.04 bits per heavy atom. The average Bonchev–Trinajstić information content (AvgIpc) is 3.06. The van der Waals surface area contributed by atoms with E-state index < -0.39 is 5.60 Å². The van der Waals surface area contributed by atoms with Crippen LogP contribution in [0.5, 0.6) is 11.5 Å². The predicted molar refractivity (Wildman–Crippen MR) is 104 cm³/mol. The van der Waals surface area contributed by atoms with Crippen molar-refractivity contribution in [3.63, 3.8) is 0 Å². The molecular formula is C21H20BrNO4. The highest BCUT2D eigenvalue weighted by atomic mass is 79.9. The number of hydrogen-bond donors (Lipinski definition) is 0. The fourth-order valence-electron chi connectivity index (χ4n) is 3.77. The van der Waals surface area contributed by atoms with Gasteiger partial charge in [-0.15, -0.1) is 0 Å². The topological polar surface area (TPSA) is 55.8 Å². The van der Waals surface area contributed by atoms with E-state index in [2.05, 4.69) is 15.9 Å². The Bertz CT molecular complexity index is 896. The Kier molecular flexibility index (Phi) is 4.68. The molecular weight excluding hydrogens is 410 g/mol. The van der Waals surface area contributed by atoms with Crippen molar-refractivity contribution in [2.24, 2.45) is 0 Å². The molecule has 1 fully saturated rings. The minimum absolute atomic E-state index is 0.0392. The summed E-state index contributed by atoms with van der Waals surface area (Å²) in [5.74, 6) is 1.32. The van der Waals surface area contributed by atoms with Crippen LogP contribution >= 0.6 is 15.9 Å². The lowest BCUT2D eigenvalue weighted by molar-refractivity contribution is -0.130. The van der Waals surface area contributed by atoms with Crippen LogP contribution in [-0.2, 0) is 11.2 Å². The van der Waals surface area contributed by atoms with Crippen LogP contribution in [0.15, 0.2) is 46.9 Å². The molecule has 2 aliphatic heterocycles. The van der Waals surface area contributed by atoms with Crippen molar-refractivity contribution in [3.8, 4) is 11.5 Å². The lowest BCUT2D eigenvalue weighted by Crippen LogP contribution is -2.45. The molecule has 1 unspecified atom stereocenters. The van der Waals surface area contributed by atoms with Gasteiger partial charge in [-0.05, 0) is 35.9 Å². The molecule has 0 N–H and O–H groups in total. The molecule has 2 aromatic carbocycles. The number of likely N-dealkylation sites (tertiary alicyclic amines) is 1. The van der Waals surface area contributed by atoms with E-state index in [9.17, 15) is 9.59 Å². The van der Waals surface area contributed by atoms with E-state index in [4.69, 9.17) is 9.47 Å². The van der Waals surface area contributed by atoms with Gasteiger partial charge in [0.2, 0.25) is 5.91 Å². The molecule has 1 amide bonds. The van der Waals surface area contributed by atoms with Crippen molar-refractivity contribution in [2.45, 2.75) is 24.9 Å². The number of methoxy groups -OCH3 is 1. The molecule has 1 spiro atoms. The van der Waals surface area contributed by atoms with Crippen molar-refractivity contribution in [1.29, 1.82) is 0 Å². The van der Waals surface area contributed by atoms with Crippen LogP contribution in [0.1, 0.15) is 28.8 Å². The molecule has 0 saturated carbocycles. The van der Waals surface area contributed by atoms with Gasteiger partial charge < -0.3 is 14.4 Å². The zero-order valence-electron chi connectivity index (χ0n) is 15.0. The van der Waals surface area contributed by atoms with E-state index >= 15 is 0 Å². The number of halogens is 1. The Hall–Kier alpha value is -2.34. The Labute approximate surface area is 166 Å². The number of ether oxygens (including phenoxy) is 2. The minimum atomic E-state index is -0.617. The molecule has 2 aliphatic rings. The Morgan fingerprint density at radius 1 is 1.26 bits per heavy atom. The lowest BCUT2D eigenvalue weighted by Gasteiger charge is -2.34. The van der Waals surface area contributed by atoms with E-state index in [1.165, 1.54) is 0 Å². The summed E-state index contributed by atoms with van der Waals surface area (Å²) in [5.41, 5.74) is 0.912. The number of Topliss-reactive ketones (excluding diaryl/α,β-unsaturated/α-hetero) is 1. The van der Waals surface area contributed by atoms with Gasteiger partial charge in [0, 0.05) is 17.4 Å². The summed E-state index contributed by atoms with van der Waals surface area (Å²) in [6.45, 7) is 1.05. The lowest BCUT2D eigenvalue weighted by atomic mass is 9.89. The third-order valence-electron chi connectivity index (χ3n) is 5.23. The number of benzene rings is 2. The number of ketones is 1. The average molecular weight is 430 g/mol. The number of carbonyl (C=O) groups excluding carboxylic acids is 2. The van der Waals surface area contributed by atoms with Crippen molar-refractivity contribution in [2.75, 3.05) is 20.2 Å². The van der Waals surface area contributed by atoms with Gasteiger partial charge in [-0.3, -0.25) is 9.59 Å². The number of rotatable bonds is 3. The number of amides is 1. The zero-order chi connectivity index (χ0) is 19.0. The minimum Gasteiger partial charge on any atom is -0.497 e. The van der Waals surface area contributed by atoms with Gasteiger partial charge >= 0.3 is 0 Å². The summed E-state index contributed by atoms with van der Waals surface area (Å²) in [7, 11) is 1.57. The van der Waals surface area contributed by atoms with Gasteiger partial charge in [-0.2, -0.15) is 0 Å². The Balaban J connectivity index is 1.47. The maximum absolute atomic E-state index is 12.7. The highest BCUT2D eigenvalue weighted by Gasteiger charge is 2.46. The molecule has 2 heterocycles. The van der Waals surface area contributed by atoms with Crippen LogP contribution in [0.25, 0.3) is 0 Å². The van der Waals surface area contributed by atoms with Gasteiger partial charge in [-0.25, -0.2) is 0 Å². The Morgan fingerprint density at radius 3 is 2.78 bits per heavy atom. The molecule has 140 valence electrons. The van der Waals surface area contributed by atoms with Crippen LogP contribution in [0.2, 0.25) is 0 Å². The molecule has 0 aromatic heterocycles. The summed E-state index contributed by atoms with van der Waals surface area (Å²) in [6, 6.07) is 13.0. The normalized spacial score (nSPS) is 21.1. The van der Waals surface area contributed by atoms with E-state index in [-0.39, 0.29) is 18.1 Å². The van der Waals surface area contributed by atoms with E-state index in [1.54, 1.807) is 25.3 Å². The molecule has 2 aromatic rings. The second kappa shape index (κ2) is 7.00. The molecule has 4 rings (SSSR count). The fourth-order valence-corrected chi connectivity index (χ4v) is 4.04. The largest absolute Gasteiger partial charge is 0.497 e. The number of fused-ring (bicyclic) bond motifs is 1. The summed E-state index contributed by atoms with van der Waals surface area (Å²) in [6.07, 6.45) is 1.30. The summed E-state index contributed by atoms with van der Waals surface area (Å²) in [5, 5.41) is 0. The fraction of sp³-hybridized carbons (Fsp3) is 0.333. The van der Waals surface area contributed by atoms with Gasteiger partial charge in [-0.1, -0.05) is 28.1 Å². The molecule has 27 heavy (non-hydrogen) atoms. The maximum Gasteiger partial charge on any atom is 0.227 e. The van der Waals surface area contributed by atoms with Gasteiger partial charge in [0.25, 0.3) is 0 Å². The van der Waals surface area contributed by atoms with E-state index in [0.717, 1.165) is 10.0 Å². The van der Waals surface area contributed by atoms with Gasteiger partial charge in [0.05, 0.1) is 32.1 Å². The SMILES string of the molecule is COc1ccc2c(c1)C(=O)CC1(CCN(C(=O)Cc3ccc(Br)cc3)C1)O2. The van der Waals surface area contributed by atoms with Crippen LogP contribution < -0.4 is 9.47 Å². The first-order valence-corrected chi connectivity index (χ1v) is 9.70. The van der Waals surface area contributed by atoms with Crippen molar-refractivity contribution in [1.82, 2.24) is 4.90 Å². The van der Waals surface area contributed by atoms with Crippen LogP contribution in [0.4, 0.5) is 0 Å². The molecule has 0 bridgehead atoms. The van der Waals surface area contributed by atoms with Crippen LogP contribution in [0, 0.1) is 0 Å². The predicted octanol–water partition coefficient (Wildman–Crippen LogP) is 3.64. The second-order valence-electron chi connectivity index (χ2n) is 7.12. The molecule has 1 atom stereocenters. The summed E-state index contributed by atoms with van der Waals surface area (Å²) < 4.78 is 12.4. The smallest absolute Gasteiger partial charge is 0.227 e. The molecule has 5 nitrogen and oxygen atoms in total. The molecule has 1 saturated heterocycles. The van der Waals surface area contributed by atoms with Crippen LogP contribution in [0.3, 0.4) is 0 Å². The summed E-state index contributed by atoms with van der Waals surface area (Å²) in [4.78, 5) is 27.2. The number of carbonyl (C=O) groups is 2. The first-order valence-electron chi connectivity index (χ1n) is 8.90. The number of nitrogens with zero attached hydrogens (tertiary/aromatic N) is 1. The first kappa shape index (κ1) is 18.0. The van der Waals surface area contributed by atoms with Crippen molar-refractivity contribution >= 4 is 27.6 Å².